The molecule has 0 N–H and O–H groups in total. The molecule has 0 saturated heterocycles. The molecule has 0 saturated carbocycles. The van der Waals surface area contributed by atoms with Gasteiger partial charge in [0, 0.05) is 0 Å². The Balaban J connectivity index is 3.68. The average molecular weight is 121 g/mol. The van der Waals surface area contributed by atoms with Crippen molar-refractivity contribution in [2.75, 3.05) is 0 Å². The minimum Gasteiger partial charge on any atom is -0.103 e. The van der Waals surface area contributed by atoms with Crippen LogP contribution in [0.1, 0.15) is 20.3 Å². The Morgan fingerprint density at radius 3 is 2.78 bits per heavy atom. The van der Waals surface area contributed by atoms with Gasteiger partial charge in [-0.05, 0) is 26.3 Å². The lowest BCUT2D eigenvalue weighted by Crippen LogP contribution is -1.69. The fourth-order valence-electron chi connectivity index (χ4n) is 0.501. The second-order valence-electron chi connectivity index (χ2n) is 1.92. The fraction of sp³-hybridized carbons (Fsp3) is 0.333. The molecule has 0 aliphatic heterocycles. The van der Waals surface area contributed by atoms with Crippen molar-refractivity contribution in [3.05, 3.63) is 36.5 Å². The first-order chi connectivity index (χ1) is 4.31. The summed E-state index contributed by atoms with van der Waals surface area (Å²) in [5.74, 6) is 0. The molecule has 9 heavy (non-hydrogen) atoms. The topological polar surface area (TPSA) is 0 Å². The molecule has 49 valence electrons. The fourth-order valence-corrected chi connectivity index (χ4v) is 0.501. The first kappa shape index (κ1) is 8.22. The van der Waals surface area contributed by atoms with Crippen LogP contribution in [-0.2, 0) is 0 Å². The van der Waals surface area contributed by atoms with E-state index in [1.54, 1.807) is 0 Å². The van der Waals surface area contributed by atoms with E-state index in [1.807, 2.05) is 32.1 Å². The number of allylic oxidation sites excluding steroid dienone is 5. The van der Waals surface area contributed by atoms with Crippen LogP contribution in [0.15, 0.2) is 30.4 Å². The number of rotatable bonds is 3. The van der Waals surface area contributed by atoms with Gasteiger partial charge in [-0.25, -0.2) is 0 Å². The molecular formula is C9H13. The van der Waals surface area contributed by atoms with Crippen LogP contribution in [-0.4, -0.2) is 0 Å². The predicted octanol–water partition coefficient (Wildman–Crippen LogP) is 2.89. The van der Waals surface area contributed by atoms with Gasteiger partial charge < -0.3 is 0 Å². The maximum Gasteiger partial charge on any atom is -0.0135 e. The van der Waals surface area contributed by atoms with Crippen LogP contribution in [0.5, 0.6) is 0 Å². The maximum absolute atomic E-state index is 3.62. The van der Waals surface area contributed by atoms with Gasteiger partial charge in [-0.3, -0.25) is 0 Å². The zero-order valence-corrected chi connectivity index (χ0v) is 6.15. The van der Waals surface area contributed by atoms with Gasteiger partial charge in [0.25, 0.3) is 0 Å². The second kappa shape index (κ2) is 5.36. The van der Waals surface area contributed by atoms with Gasteiger partial charge in [-0.1, -0.05) is 23.8 Å². The molecule has 0 rings (SSSR count). The summed E-state index contributed by atoms with van der Waals surface area (Å²) in [6, 6.07) is 0. The summed E-state index contributed by atoms with van der Waals surface area (Å²) in [7, 11) is 0. The molecule has 1 radical (unpaired) electrons. The van der Waals surface area contributed by atoms with Crippen LogP contribution in [0.2, 0.25) is 0 Å². The first-order valence-electron chi connectivity index (χ1n) is 3.12. The van der Waals surface area contributed by atoms with Crippen LogP contribution in [0.25, 0.3) is 0 Å². The molecule has 0 aliphatic carbocycles. The first-order valence-corrected chi connectivity index (χ1v) is 3.12. The Hall–Kier alpha value is -0.780. The molecule has 0 fully saturated rings. The highest BCUT2D eigenvalue weighted by Crippen LogP contribution is 1.98. The average Bonchev–Trinajstić information content (AvgIpc) is 1.85. The maximum atomic E-state index is 3.62. The molecule has 0 unspecified atom stereocenters. The zero-order valence-electron chi connectivity index (χ0n) is 6.15. The summed E-state index contributed by atoms with van der Waals surface area (Å²) in [5.41, 5.74) is 1.23. The third kappa shape index (κ3) is 5.09. The van der Waals surface area contributed by atoms with E-state index in [4.69, 9.17) is 0 Å². The van der Waals surface area contributed by atoms with Crippen molar-refractivity contribution in [2.24, 2.45) is 0 Å². The van der Waals surface area contributed by atoms with Crippen molar-refractivity contribution >= 4 is 0 Å². The molecule has 0 nitrogen and oxygen atoms in total. The second-order valence-corrected chi connectivity index (χ2v) is 1.92. The Kier molecular flexibility index (Phi) is 4.89. The van der Waals surface area contributed by atoms with Gasteiger partial charge in [0.1, 0.15) is 0 Å². The van der Waals surface area contributed by atoms with Crippen LogP contribution in [0, 0.1) is 6.08 Å². The van der Waals surface area contributed by atoms with E-state index in [0.29, 0.717) is 0 Å². The summed E-state index contributed by atoms with van der Waals surface area (Å²) >= 11 is 0. The van der Waals surface area contributed by atoms with Gasteiger partial charge in [-0.15, -0.1) is 6.58 Å². The Labute approximate surface area is 57.6 Å². The molecule has 0 amide bonds. The quantitative estimate of drug-likeness (QED) is 0.398. The Morgan fingerprint density at radius 1 is 1.67 bits per heavy atom. The SMILES string of the molecule is C=CC/C(C)=[C]/C=CC. The molecule has 0 atom stereocenters. The van der Waals surface area contributed by atoms with Crippen molar-refractivity contribution in [1.82, 2.24) is 0 Å². The lowest BCUT2D eigenvalue weighted by Gasteiger charge is -1.88. The molecule has 0 heterocycles. The van der Waals surface area contributed by atoms with Gasteiger partial charge in [0.05, 0.1) is 0 Å². The van der Waals surface area contributed by atoms with E-state index in [9.17, 15) is 0 Å². The highest BCUT2D eigenvalue weighted by Gasteiger charge is 1.79. The number of hydrogen-bond donors (Lipinski definition) is 0. The van der Waals surface area contributed by atoms with E-state index < -0.39 is 0 Å². The molecule has 0 aromatic heterocycles. The van der Waals surface area contributed by atoms with Crippen molar-refractivity contribution in [2.45, 2.75) is 20.3 Å². The molecule has 0 bridgehead atoms. The summed E-state index contributed by atoms with van der Waals surface area (Å²) in [6.45, 7) is 7.65. The van der Waals surface area contributed by atoms with E-state index in [2.05, 4.69) is 12.7 Å². The molecule has 0 heteroatoms. The lowest BCUT2D eigenvalue weighted by molar-refractivity contribution is 1.20. The van der Waals surface area contributed by atoms with Crippen LogP contribution in [0.3, 0.4) is 0 Å². The van der Waals surface area contributed by atoms with E-state index in [0.717, 1.165) is 6.42 Å². The van der Waals surface area contributed by atoms with Crippen molar-refractivity contribution in [3.8, 4) is 0 Å². The summed E-state index contributed by atoms with van der Waals surface area (Å²) in [5, 5.41) is 0. The third-order valence-corrected chi connectivity index (χ3v) is 0.947. The minimum absolute atomic E-state index is 0.935. The predicted molar refractivity (Wildman–Crippen MR) is 42.1 cm³/mol. The zero-order chi connectivity index (χ0) is 7.11. The minimum atomic E-state index is 0.935. The monoisotopic (exact) mass is 121 g/mol. The van der Waals surface area contributed by atoms with Crippen molar-refractivity contribution in [1.29, 1.82) is 0 Å². The van der Waals surface area contributed by atoms with Crippen LogP contribution >= 0.6 is 0 Å². The van der Waals surface area contributed by atoms with Gasteiger partial charge in [0.15, 0.2) is 0 Å². The highest BCUT2D eigenvalue weighted by molar-refractivity contribution is 5.05. The third-order valence-electron chi connectivity index (χ3n) is 0.947. The van der Waals surface area contributed by atoms with Crippen LogP contribution < -0.4 is 0 Å². The Morgan fingerprint density at radius 2 is 2.33 bits per heavy atom. The largest absolute Gasteiger partial charge is 0.103 e. The number of hydrogen-bond acceptors (Lipinski definition) is 0. The van der Waals surface area contributed by atoms with E-state index in [1.165, 1.54) is 5.57 Å². The summed E-state index contributed by atoms with van der Waals surface area (Å²) in [6.07, 6.45) is 9.79. The van der Waals surface area contributed by atoms with E-state index in [-0.39, 0.29) is 0 Å². The molecule has 0 aromatic carbocycles. The molecule has 0 aliphatic rings. The Bertz CT molecular complexity index is 127. The lowest BCUT2D eigenvalue weighted by atomic mass is 10.2. The smallest absolute Gasteiger partial charge is 0.0135 e. The normalized spacial score (nSPS) is 12.4. The van der Waals surface area contributed by atoms with Crippen molar-refractivity contribution in [3.63, 3.8) is 0 Å². The summed E-state index contributed by atoms with van der Waals surface area (Å²) < 4.78 is 0. The highest BCUT2D eigenvalue weighted by atomic mass is 13.8. The van der Waals surface area contributed by atoms with E-state index >= 15 is 0 Å². The molecule has 0 spiro atoms. The molecule has 0 aromatic rings. The van der Waals surface area contributed by atoms with Gasteiger partial charge in [0.2, 0.25) is 0 Å². The molecular weight excluding hydrogens is 108 g/mol. The van der Waals surface area contributed by atoms with Gasteiger partial charge in [-0.2, -0.15) is 0 Å². The van der Waals surface area contributed by atoms with Gasteiger partial charge >= 0.3 is 0 Å². The standard InChI is InChI=1S/C9H13/c1-4-6-8-9(3)7-5-2/h4-6H,2,7H2,1,3H3. The van der Waals surface area contributed by atoms with Crippen molar-refractivity contribution < 1.29 is 0 Å². The summed E-state index contributed by atoms with van der Waals surface area (Å²) in [4.78, 5) is 0. The van der Waals surface area contributed by atoms with Crippen LogP contribution in [0.4, 0.5) is 0 Å².